The number of fused-ring (bicyclic) bond motifs is 1. The molecule has 0 aromatic heterocycles. The summed E-state index contributed by atoms with van der Waals surface area (Å²) in [5.41, 5.74) is 6.44. The summed E-state index contributed by atoms with van der Waals surface area (Å²) in [4.78, 5) is 11.3. The Balaban J connectivity index is 0.00000154. The van der Waals surface area contributed by atoms with Crippen LogP contribution in [0.3, 0.4) is 0 Å². The van der Waals surface area contributed by atoms with Gasteiger partial charge in [0, 0.05) is 13.0 Å². The van der Waals surface area contributed by atoms with E-state index in [0.29, 0.717) is 0 Å². The number of ether oxygens (including phenoxy) is 1. The van der Waals surface area contributed by atoms with Crippen LogP contribution in [0, 0.1) is 11.6 Å². The van der Waals surface area contributed by atoms with Crippen LogP contribution in [0.25, 0.3) is 0 Å². The van der Waals surface area contributed by atoms with Crippen molar-refractivity contribution in [1.82, 2.24) is 5.32 Å². The fourth-order valence-electron chi connectivity index (χ4n) is 3.31. The molecule has 2 rings (SSSR count). The Bertz CT molecular complexity index is 904. The summed E-state index contributed by atoms with van der Waals surface area (Å²) in [6, 6.07) is 1.84. The Morgan fingerprint density at radius 3 is 2.39 bits per heavy atom. The molecule has 1 heterocycles. The van der Waals surface area contributed by atoms with Gasteiger partial charge in [-0.3, -0.25) is 4.79 Å². The van der Waals surface area contributed by atoms with Gasteiger partial charge in [-0.25, -0.2) is 17.2 Å². The van der Waals surface area contributed by atoms with E-state index in [2.05, 4.69) is 5.32 Å². The summed E-state index contributed by atoms with van der Waals surface area (Å²) in [6.07, 6.45) is 5.12. The smallest absolute Gasteiger partial charge is 0.233 e. The normalized spacial score (nSPS) is 17.3. The Hall–Kier alpha value is -1.97. The number of carbonyl (C=O) groups is 1. The minimum absolute atomic E-state index is 0.00506. The maximum absolute atomic E-state index is 14.7. The van der Waals surface area contributed by atoms with Crippen LogP contribution in [0.1, 0.15) is 52.5 Å². The van der Waals surface area contributed by atoms with E-state index in [0.717, 1.165) is 12.1 Å². The molecule has 6 nitrogen and oxygen atoms in total. The van der Waals surface area contributed by atoms with Crippen molar-refractivity contribution in [1.29, 1.82) is 0 Å². The molecule has 1 aromatic carbocycles. The number of halogens is 3. The predicted octanol–water partition coefficient (Wildman–Crippen LogP) is 4.57. The highest BCUT2D eigenvalue weighted by Gasteiger charge is 2.50. The van der Waals surface area contributed by atoms with Crippen molar-refractivity contribution in [2.75, 3.05) is 25.4 Å². The van der Waals surface area contributed by atoms with Crippen LogP contribution in [0.15, 0.2) is 35.9 Å². The van der Waals surface area contributed by atoms with Crippen LogP contribution in [0.4, 0.5) is 8.78 Å². The van der Waals surface area contributed by atoms with E-state index in [1.807, 2.05) is 20.8 Å². The summed E-state index contributed by atoms with van der Waals surface area (Å²) in [6.45, 7) is 7.51. The van der Waals surface area contributed by atoms with Crippen LogP contribution in [-0.2, 0) is 19.4 Å². The van der Waals surface area contributed by atoms with Crippen LogP contribution in [0.5, 0.6) is 5.75 Å². The average Bonchev–Trinajstić information content (AvgIpc) is 2.83. The van der Waals surface area contributed by atoms with Crippen molar-refractivity contribution < 1.29 is 26.7 Å². The van der Waals surface area contributed by atoms with E-state index in [9.17, 15) is 22.0 Å². The SMILES string of the molecule is C/C=C/Cl.C/C=C\CS(=O)(=O)[C@]1(CCCNC(=O)CN)CCOc2c(F)ccc(F)c21.CC. The summed E-state index contributed by atoms with van der Waals surface area (Å²) in [7, 11) is -3.88. The van der Waals surface area contributed by atoms with E-state index in [4.69, 9.17) is 22.1 Å². The van der Waals surface area contributed by atoms with Crippen molar-refractivity contribution in [3.05, 3.63) is 53.1 Å². The number of rotatable bonds is 8. The molecular weight excluding hydrogens is 474 g/mol. The number of benzene rings is 1. The lowest BCUT2D eigenvalue weighted by atomic mass is 9.87. The average molecular weight is 509 g/mol. The lowest BCUT2D eigenvalue weighted by Crippen LogP contribution is -2.43. The molecule has 0 unspecified atom stereocenters. The summed E-state index contributed by atoms with van der Waals surface area (Å²) in [5, 5.41) is 2.56. The predicted molar refractivity (Wildman–Crippen MR) is 130 cm³/mol. The van der Waals surface area contributed by atoms with Crippen molar-refractivity contribution in [3.63, 3.8) is 0 Å². The second-order valence-electron chi connectivity index (χ2n) is 6.79. The van der Waals surface area contributed by atoms with Gasteiger partial charge < -0.3 is 15.8 Å². The summed E-state index contributed by atoms with van der Waals surface area (Å²) >= 11 is 5.01. The molecule has 0 radical (unpaired) electrons. The molecule has 3 N–H and O–H groups in total. The van der Waals surface area contributed by atoms with Gasteiger partial charge in [0.25, 0.3) is 0 Å². The van der Waals surface area contributed by atoms with Crippen molar-refractivity contribution in [2.24, 2.45) is 5.73 Å². The van der Waals surface area contributed by atoms with Gasteiger partial charge in [-0.1, -0.05) is 43.7 Å². The molecule has 1 aliphatic rings. The highest BCUT2D eigenvalue weighted by atomic mass is 35.5. The first-order valence-electron chi connectivity index (χ1n) is 10.8. The highest BCUT2D eigenvalue weighted by Crippen LogP contribution is 2.48. The van der Waals surface area contributed by atoms with Gasteiger partial charge in [0.15, 0.2) is 21.4 Å². The van der Waals surface area contributed by atoms with Gasteiger partial charge in [0.1, 0.15) is 10.6 Å². The number of nitrogens with two attached hydrogens (primary N) is 1. The molecule has 33 heavy (non-hydrogen) atoms. The Morgan fingerprint density at radius 2 is 1.85 bits per heavy atom. The third kappa shape index (κ3) is 8.39. The van der Waals surface area contributed by atoms with Crippen molar-refractivity contribution in [3.8, 4) is 5.75 Å². The summed E-state index contributed by atoms with van der Waals surface area (Å²) in [5.74, 6) is -2.63. The van der Waals surface area contributed by atoms with Gasteiger partial charge >= 0.3 is 0 Å². The lowest BCUT2D eigenvalue weighted by Gasteiger charge is -2.38. The molecule has 188 valence electrons. The summed E-state index contributed by atoms with van der Waals surface area (Å²) < 4.78 is 58.9. The molecular formula is C23H35ClF2N2O4S. The third-order valence-corrected chi connectivity index (χ3v) is 7.49. The number of hydrogen-bond donors (Lipinski definition) is 2. The molecule has 0 spiro atoms. The van der Waals surface area contributed by atoms with E-state index in [1.54, 1.807) is 19.1 Å². The van der Waals surface area contributed by atoms with Gasteiger partial charge in [-0.05, 0) is 44.4 Å². The van der Waals surface area contributed by atoms with Crippen LogP contribution in [-0.4, -0.2) is 39.8 Å². The number of carbonyl (C=O) groups excluding carboxylic acids is 1. The monoisotopic (exact) mass is 508 g/mol. The van der Waals surface area contributed by atoms with E-state index in [1.165, 1.54) is 11.6 Å². The molecule has 0 aliphatic carbocycles. The first-order chi connectivity index (χ1) is 15.7. The van der Waals surface area contributed by atoms with Crippen LogP contribution < -0.4 is 15.8 Å². The molecule has 1 aromatic rings. The topological polar surface area (TPSA) is 98.5 Å². The second-order valence-corrected chi connectivity index (χ2v) is 9.39. The van der Waals surface area contributed by atoms with Gasteiger partial charge in [-0.15, -0.1) is 0 Å². The number of nitrogens with one attached hydrogen (secondary N) is 1. The Morgan fingerprint density at radius 1 is 1.24 bits per heavy atom. The number of amides is 1. The molecule has 1 atom stereocenters. The van der Waals surface area contributed by atoms with Crippen LogP contribution >= 0.6 is 11.6 Å². The molecule has 1 amide bonds. The standard InChI is InChI=1S/C18H24F2N2O4S.C3H5Cl.C2H6/c1-2-3-11-27(24,25)18(7-4-9-22-15(23)12-21)8-10-26-17-14(20)6-5-13(19)16(17)18;1-2-3-4;1-2/h2-3,5-6H,4,7-12,21H2,1H3,(H,22,23);2-3H,1H3;1-2H3/b3-2-;3-2+;/t18-;;/m1../s1. The van der Waals surface area contributed by atoms with E-state index in [-0.39, 0.29) is 61.9 Å². The quantitative estimate of drug-likeness (QED) is 0.396. The second kappa shape index (κ2) is 15.8. The minimum atomic E-state index is -3.88. The number of sulfone groups is 1. The zero-order valence-electron chi connectivity index (χ0n) is 19.7. The molecule has 0 saturated heterocycles. The fraction of sp³-hybridized carbons (Fsp3) is 0.522. The third-order valence-electron chi connectivity index (χ3n) is 4.80. The van der Waals surface area contributed by atoms with Gasteiger partial charge in [-0.2, -0.15) is 0 Å². The van der Waals surface area contributed by atoms with Gasteiger partial charge in [0.2, 0.25) is 5.91 Å². The molecule has 0 saturated carbocycles. The Kier molecular flexibility index (Phi) is 14.9. The maximum atomic E-state index is 14.7. The highest BCUT2D eigenvalue weighted by molar-refractivity contribution is 7.92. The molecule has 0 fully saturated rings. The van der Waals surface area contributed by atoms with E-state index < -0.39 is 26.2 Å². The fourth-order valence-corrected chi connectivity index (χ4v) is 5.43. The Labute approximate surface area is 201 Å². The number of hydrogen-bond acceptors (Lipinski definition) is 5. The number of allylic oxidation sites excluding steroid dienone is 2. The zero-order chi connectivity index (χ0) is 25.5. The first-order valence-corrected chi connectivity index (χ1v) is 12.9. The van der Waals surface area contributed by atoms with Crippen LogP contribution in [0.2, 0.25) is 0 Å². The first kappa shape index (κ1) is 31.0. The zero-order valence-corrected chi connectivity index (χ0v) is 21.2. The van der Waals surface area contributed by atoms with E-state index >= 15 is 0 Å². The molecule has 0 bridgehead atoms. The molecule has 1 aliphatic heterocycles. The molecule has 10 heteroatoms. The maximum Gasteiger partial charge on any atom is 0.233 e. The van der Waals surface area contributed by atoms with Gasteiger partial charge in [0.05, 0.1) is 24.5 Å². The minimum Gasteiger partial charge on any atom is -0.490 e. The van der Waals surface area contributed by atoms with Crippen molar-refractivity contribution >= 4 is 27.3 Å². The lowest BCUT2D eigenvalue weighted by molar-refractivity contribution is -0.119. The van der Waals surface area contributed by atoms with Crippen molar-refractivity contribution in [2.45, 2.75) is 51.7 Å². The largest absolute Gasteiger partial charge is 0.490 e.